The number of carbonyl (C=O) groups excluding carboxylic acids is 1. The van der Waals surface area contributed by atoms with Crippen molar-refractivity contribution in [3.05, 3.63) is 29.3 Å². The third-order valence-corrected chi connectivity index (χ3v) is 4.85. The van der Waals surface area contributed by atoms with E-state index in [4.69, 9.17) is 0 Å². The molecule has 144 valence electrons. The fourth-order valence-corrected chi connectivity index (χ4v) is 3.63. The average Bonchev–Trinajstić information content (AvgIpc) is 2.96. The number of aliphatic hydroxyl groups excluding tert-OH is 1. The zero-order valence-electron chi connectivity index (χ0n) is 13.0. The topological polar surface area (TPSA) is 53.4 Å². The number of aliphatic hydroxyl groups is 1. The first-order valence-corrected chi connectivity index (χ1v) is 7.60. The number of carbonyl (C=O) groups is 1. The molecule has 1 spiro atoms. The summed E-state index contributed by atoms with van der Waals surface area (Å²) >= 11 is 0. The Morgan fingerprint density at radius 2 is 1.88 bits per heavy atom. The first-order chi connectivity index (χ1) is 11.9. The van der Waals surface area contributed by atoms with Crippen molar-refractivity contribution in [2.45, 2.75) is 49.2 Å². The molecule has 2 aliphatic rings. The zero-order chi connectivity index (χ0) is 19.5. The predicted octanol–water partition coefficient (Wildman–Crippen LogP) is 3.17. The van der Waals surface area contributed by atoms with Gasteiger partial charge in [-0.2, -0.15) is 0 Å². The summed E-state index contributed by atoms with van der Waals surface area (Å²) < 4.78 is 94.1. The quantitative estimate of drug-likeness (QED) is 0.795. The molecule has 1 saturated heterocycles. The highest BCUT2D eigenvalue weighted by molar-refractivity contribution is 5.93. The molecule has 1 N–H and O–H groups in total. The SMILES string of the molecule is O=C(c1ccc(F)c(C(F)F)n1)N1CC(F)(F)[C@H](O)[C@]12CCC(F)(F)C2. The van der Waals surface area contributed by atoms with Crippen molar-refractivity contribution in [3.63, 3.8) is 0 Å². The maximum atomic E-state index is 14.0. The molecule has 1 amide bonds. The van der Waals surface area contributed by atoms with E-state index in [1.165, 1.54) is 0 Å². The van der Waals surface area contributed by atoms with Crippen LogP contribution in [0.2, 0.25) is 0 Å². The average molecular weight is 386 g/mol. The Labute approximate surface area is 142 Å². The van der Waals surface area contributed by atoms with E-state index in [0.29, 0.717) is 17.0 Å². The van der Waals surface area contributed by atoms with Crippen LogP contribution in [0.25, 0.3) is 0 Å². The van der Waals surface area contributed by atoms with Gasteiger partial charge in [0.05, 0.1) is 12.1 Å². The Hall–Kier alpha value is -1.91. The third kappa shape index (κ3) is 2.81. The van der Waals surface area contributed by atoms with Gasteiger partial charge in [0.15, 0.2) is 5.82 Å². The molecule has 26 heavy (non-hydrogen) atoms. The van der Waals surface area contributed by atoms with Crippen molar-refractivity contribution in [1.29, 1.82) is 0 Å². The summed E-state index contributed by atoms with van der Waals surface area (Å²) in [5.41, 5.74) is -4.39. The first kappa shape index (κ1) is 18.9. The van der Waals surface area contributed by atoms with Crippen LogP contribution in [-0.2, 0) is 0 Å². The van der Waals surface area contributed by atoms with Gasteiger partial charge >= 0.3 is 0 Å². The summed E-state index contributed by atoms with van der Waals surface area (Å²) in [6.07, 6.45) is -8.50. The molecule has 2 fully saturated rings. The van der Waals surface area contributed by atoms with Gasteiger partial charge in [-0.05, 0) is 18.6 Å². The maximum absolute atomic E-state index is 14.0. The fourth-order valence-electron chi connectivity index (χ4n) is 3.63. The van der Waals surface area contributed by atoms with Crippen molar-refractivity contribution in [3.8, 4) is 0 Å². The van der Waals surface area contributed by atoms with Crippen molar-refractivity contribution in [2.24, 2.45) is 0 Å². The Morgan fingerprint density at radius 3 is 2.42 bits per heavy atom. The molecule has 0 bridgehead atoms. The number of amides is 1. The second-order valence-electron chi connectivity index (χ2n) is 6.56. The lowest BCUT2D eigenvalue weighted by Gasteiger charge is -2.36. The van der Waals surface area contributed by atoms with Crippen LogP contribution in [0.15, 0.2) is 12.1 Å². The molecular weight excluding hydrogens is 373 g/mol. The van der Waals surface area contributed by atoms with Gasteiger partial charge in [0, 0.05) is 12.8 Å². The number of likely N-dealkylation sites (tertiary alicyclic amines) is 1. The van der Waals surface area contributed by atoms with Crippen LogP contribution < -0.4 is 0 Å². The smallest absolute Gasteiger partial charge is 0.292 e. The Bertz CT molecular complexity index is 743. The maximum Gasteiger partial charge on any atom is 0.292 e. The first-order valence-electron chi connectivity index (χ1n) is 7.60. The van der Waals surface area contributed by atoms with Crippen LogP contribution in [-0.4, -0.2) is 50.9 Å². The van der Waals surface area contributed by atoms with Gasteiger partial charge < -0.3 is 10.0 Å². The summed E-state index contributed by atoms with van der Waals surface area (Å²) in [5, 5.41) is 9.91. The molecule has 0 unspecified atom stereocenters. The van der Waals surface area contributed by atoms with Gasteiger partial charge in [0.2, 0.25) is 0 Å². The standard InChI is InChI=1S/C15H13F7N2O2/c16-7-1-2-8(23-9(7)10(17)18)11(25)24-6-15(21,22)12(26)13(24)3-4-14(19,20)5-13/h1-2,10,12,26H,3-6H2/t12-,13-/m1/s1. The van der Waals surface area contributed by atoms with Gasteiger partial charge in [-0.3, -0.25) is 4.79 Å². The minimum atomic E-state index is -3.86. The van der Waals surface area contributed by atoms with E-state index in [1.807, 2.05) is 0 Å². The van der Waals surface area contributed by atoms with E-state index in [-0.39, 0.29) is 0 Å². The summed E-state index contributed by atoms with van der Waals surface area (Å²) in [4.78, 5) is 16.1. The van der Waals surface area contributed by atoms with Crippen LogP contribution in [0.1, 0.15) is 41.9 Å². The molecule has 2 heterocycles. The highest BCUT2D eigenvalue weighted by Gasteiger charge is 2.69. The Kier molecular flexibility index (Phi) is 4.21. The van der Waals surface area contributed by atoms with Crippen LogP contribution in [0.4, 0.5) is 30.7 Å². The lowest BCUT2D eigenvalue weighted by atomic mass is 9.89. The number of aromatic nitrogens is 1. The largest absolute Gasteiger partial charge is 0.384 e. The van der Waals surface area contributed by atoms with Gasteiger partial charge in [-0.25, -0.2) is 35.7 Å². The van der Waals surface area contributed by atoms with E-state index in [0.717, 1.165) is 0 Å². The van der Waals surface area contributed by atoms with Crippen LogP contribution in [0.3, 0.4) is 0 Å². The normalized spacial score (nSPS) is 29.7. The van der Waals surface area contributed by atoms with Gasteiger partial charge in [0.25, 0.3) is 24.2 Å². The molecule has 3 rings (SSSR count). The molecule has 11 heteroatoms. The van der Waals surface area contributed by atoms with E-state index in [9.17, 15) is 40.6 Å². The molecule has 4 nitrogen and oxygen atoms in total. The number of nitrogens with zero attached hydrogens (tertiary/aromatic N) is 2. The minimum absolute atomic E-state index is 0.355. The van der Waals surface area contributed by atoms with Gasteiger partial charge in [-0.15, -0.1) is 0 Å². The van der Waals surface area contributed by atoms with Crippen molar-refractivity contribution in [2.75, 3.05) is 6.54 Å². The highest BCUT2D eigenvalue weighted by atomic mass is 19.3. The third-order valence-electron chi connectivity index (χ3n) is 4.85. The van der Waals surface area contributed by atoms with Crippen LogP contribution >= 0.6 is 0 Å². The molecule has 1 aromatic heterocycles. The number of rotatable bonds is 2. The molecular formula is C15H13F7N2O2. The van der Waals surface area contributed by atoms with E-state index >= 15 is 0 Å². The van der Waals surface area contributed by atoms with Crippen LogP contribution in [0.5, 0.6) is 0 Å². The van der Waals surface area contributed by atoms with Crippen molar-refractivity contribution >= 4 is 5.91 Å². The minimum Gasteiger partial charge on any atom is -0.384 e. The molecule has 2 atom stereocenters. The van der Waals surface area contributed by atoms with Gasteiger partial charge in [-0.1, -0.05) is 0 Å². The second-order valence-corrected chi connectivity index (χ2v) is 6.56. The number of hydrogen-bond acceptors (Lipinski definition) is 3. The molecule has 1 aliphatic heterocycles. The van der Waals surface area contributed by atoms with Crippen LogP contribution in [0, 0.1) is 5.82 Å². The van der Waals surface area contributed by atoms with Crippen molar-refractivity contribution < 1.29 is 40.6 Å². The van der Waals surface area contributed by atoms with E-state index in [1.54, 1.807) is 0 Å². The lowest BCUT2D eigenvalue weighted by Crippen LogP contribution is -2.53. The van der Waals surface area contributed by atoms with Crippen molar-refractivity contribution in [1.82, 2.24) is 9.88 Å². The molecule has 0 radical (unpaired) electrons. The number of alkyl halides is 6. The van der Waals surface area contributed by atoms with E-state index in [2.05, 4.69) is 4.98 Å². The second kappa shape index (κ2) is 5.80. The lowest BCUT2D eigenvalue weighted by molar-refractivity contribution is -0.102. The summed E-state index contributed by atoms with van der Waals surface area (Å²) in [7, 11) is 0. The number of pyridine rings is 1. The molecule has 0 aromatic carbocycles. The monoisotopic (exact) mass is 386 g/mol. The summed E-state index contributed by atoms with van der Waals surface area (Å²) in [6, 6.07) is 1.22. The summed E-state index contributed by atoms with van der Waals surface area (Å²) in [5.74, 6) is -9.97. The number of hydrogen-bond donors (Lipinski definition) is 1. The number of halogens is 7. The van der Waals surface area contributed by atoms with Gasteiger partial charge in [0.1, 0.15) is 17.5 Å². The Morgan fingerprint density at radius 1 is 1.23 bits per heavy atom. The highest BCUT2D eigenvalue weighted by Crippen LogP contribution is 2.54. The zero-order valence-corrected chi connectivity index (χ0v) is 13.0. The molecule has 1 aliphatic carbocycles. The molecule has 1 saturated carbocycles. The van der Waals surface area contributed by atoms with E-state index < -0.39 is 78.8 Å². The Balaban J connectivity index is 2.02. The molecule has 1 aromatic rings. The predicted molar refractivity (Wildman–Crippen MR) is 72.7 cm³/mol. The summed E-state index contributed by atoms with van der Waals surface area (Å²) in [6.45, 7) is -1.37. The fraction of sp³-hybridized carbons (Fsp3) is 0.600.